The highest BCUT2D eigenvalue weighted by atomic mass is 127. The highest BCUT2D eigenvalue weighted by Gasteiger charge is 2.33. The minimum absolute atomic E-state index is 0. The monoisotopic (exact) mass is 380 g/mol. The van der Waals surface area contributed by atoms with Gasteiger partial charge in [0, 0.05) is 29.2 Å². The average molecular weight is 381 g/mol. The Morgan fingerprint density at radius 1 is 1.33 bits per heavy atom. The van der Waals surface area contributed by atoms with E-state index in [0.29, 0.717) is 6.04 Å². The van der Waals surface area contributed by atoms with Crippen molar-refractivity contribution in [2.45, 2.75) is 32.9 Å². The Bertz CT molecular complexity index is 378. The lowest BCUT2D eigenvalue weighted by Crippen LogP contribution is -2.52. The third-order valence-corrected chi connectivity index (χ3v) is 4.43. The minimum Gasteiger partial charge on any atom is -0.327 e. The second-order valence-corrected chi connectivity index (χ2v) is 6.97. The van der Waals surface area contributed by atoms with Crippen LogP contribution < -0.4 is 5.73 Å². The Kier molecular flexibility index (Phi) is 5.90. The van der Waals surface area contributed by atoms with Crippen molar-refractivity contribution in [3.05, 3.63) is 33.4 Å². The highest BCUT2D eigenvalue weighted by molar-refractivity contribution is 14.1. The zero-order chi connectivity index (χ0) is 12.5. The Morgan fingerprint density at radius 3 is 2.50 bits per heavy atom. The van der Waals surface area contributed by atoms with Gasteiger partial charge in [0.15, 0.2) is 0 Å². The number of nitrogens with two attached hydrogens (primary N) is 1. The molecule has 0 bridgehead atoms. The topological polar surface area (TPSA) is 29.3 Å². The second-order valence-electron chi connectivity index (χ2n) is 5.72. The largest absolute Gasteiger partial charge is 0.327 e. The Morgan fingerprint density at radius 2 is 1.94 bits per heavy atom. The lowest BCUT2D eigenvalue weighted by atomic mass is 9.79. The van der Waals surface area contributed by atoms with Gasteiger partial charge in [0.1, 0.15) is 0 Å². The van der Waals surface area contributed by atoms with Crippen molar-refractivity contribution < 1.29 is 0 Å². The predicted molar refractivity (Wildman–Crippen MR) is 88.1 cm³/mol. The fourth-order valence-electron chi connectivity index (χ4n) is 2.47. The Labute approximate surface area is 130 Å². The summed E-state index contributed by atoms with van der Waals surface area (Å²) in [7, 11) is 0. The first-order valence-corrected chi connectivity index (χ1v) is 7.28. The molecule has 2 N–H and O–H groups in total. The molecule has 4 heteroatoms. The number of benzene rings is 1. The lowest BCUT2D eigenvalue weighted by molar-refractivity contribution is 0.0899. The standard InChI is InChI=1S/C14H21IN2.ClH/c1-14(2)10-17(8-7-13(14)16)9-11-3-5-12(15)6-4-11;/h3-6,13H,7-10,16H2,1-2H3;1H. The van der Waals surface area contributed by atoms with E-state index in [9.17, 15) is 0 Å². The second kappa shape index (κ2) is 6.55. The highest BCUT2D eigenvalue weighted by Crippen LogP contribution is 2.28. The molecule has 0 aliphatic carbocycles. The summed E-state index contributed by atoms with van der Waals surface area (Å²) in [4.78, 5) is 2.52. The van der Waals surface area contributed by atoms with E-state index in [-0.39, 0.29) is 17.8 Å². The van der Waals surface area contributed by atoms with Crippen LogP contribution in [-0.2, 0) is 6.54 Å². The van der Waals surface area contributed by atoms with E-state index in [1.165, 1.54) is 9.13 Å². The van der Waals surface area contributed by atoms with Gasteiger partial charge >= 0.3 is 0 Å². The summed E-state index contributed by atoms with van der Waals surface area (Å²) in [6, 6.07) is 9.15. The number of likely N-dealkylation sites (tertiary alicyclic amines) is 1. The van der Waals surface area contributed by atoms with E-state index in [2.05, 4.69) is 65.6 Å². The van der Waals surface area contributed by atoms with Gasteiger partial charge in [-0.1, -0.05) is 26.0 Å². The zero-order valence-corrected chi connectivity index (χ0v) is 14.0. The first-order valence-electron chi connectivity index (χ1n) is 6.20. The number of piperidine rings is 1. The quantitative estimate of drug-likeness (QED) is 0.798. The maximum absolute atomic E-state index is 6.16. The van der Waals surface area contributed by atoms with Crippen LogP contribution in [0.2, 0.25) is 0 Å². The molecular weight excluding hydrogens is 359 g/mol. The molecule has 1 atom stereocenters. The predicted octanol–water partition coefficient (Wildman–Crippen LogP) is 3.27. The van der Waals surface area contributed by atoms with Gasteiger partial charge < -0.3 is 5.73 Å². The van der Waals surface area contributed by atoms with E-state index in [4.69, 9.17) is 5.73 Å². The molecule has 0 saturated carbocycles. The van der Waals surface area contributed by atoms with Crippen molar-refractivity contribution >= 4 is 35.0 Å². The van der Waals surface area contributed by atoms with E-state index in [1.54, 1.807) is 0 Å². The summed E-state index contributed by atoms with van der Waals surface area (Å²) in [5.41, 5.74) is 7.80. The van der Waals surface area contributed by atoms with Crippen molar-refractivity contribution in [1.82, 2.24) is 4.90 Å². The van der Waals surface area contributed by atoms with Gasteiger partial charge in [0.2, 0.25) is 0 Å². The fraction of sp³-hybridized carbons (Fsp3) is 0.571. The molecule has 0 aromatic heterocycles. The van der Waals surface area contributed by atoms with E-state index < -0.39 is 0 Å². The van der Waals surface area contributed by atoms with Crippen molar-refractivity contribution in [3.63, 3.8) is 0 Å². The average Bonchev–Trinajstić information content (AvgIpc) is 2.26. The maximum Gasteiger partial charge on any atom is 0.0233 e. The molecule has 1 heterocycles. The molecule has 1 aromatic rings. The van der Waals surface area contributed by atoms with Gasteiger partial charge in [0.25, 0.3) is 0 Å². The molecule has 0 amide bonds. The maximum atomic E-state index is 6.16. The van der Waals surface area contributed by atoms with Crippen LogP contribution >= 0.6 is 35.0 Å². The van der Waals surface area contributed by atoms with Crippen LogP contribution in [0.4, 0.5) is 0 Å². The molecule has 1 aromatic carbocycles. The van der Waals surface area contributed by atoms with Crippen molar-refractivity contribution in [2.24, 2.45) is 11.1 Å². The van der Waals surface area contributed by atoms with Crippen molar-refractivity contribution in [2.75, 3.05) is 13.1 Å². The zero-order valence-electron chi connectivity index (χ0n) is 11.0. The molecule has 2 rings (SSSR count). The van der Waals surface area contributed by atoms with Crippen molar-refractivity contribution in [3.8, 4) is 0 Å². The molecule has 1 aliphatic heterocycles. The number of rotatable bonds is 2. The van der Waals surface area contributed by atoms with Crippen LogP contribution in [0.3, 0.4) is 0 Å². The normalized spacial score (nSPS) is 23.4. The smallest absolute Gasteiger partial charge is 0.0233 e. The van der Waals surface area contributed by atoms with Crippen LogP contribution in [0.1, 0.15) is 25.8 Å². The van der Waals surface area contributed by atoms with Crippen LogP contribution in [0.15, 0.2) is 24.3 Å². The van der Waals surface area contributed by atoms with Crippen LogP contribution in [0.5, 0.6) is 0 Å². The summed E-state index contributed by atoms with van der Waals surface area (Å²) in [6.45, 7) is 7.82. The fourth-order valence-corrected chi connectivity index (χ4v) is 2.83. The SMILES string of the molecule is CC1(C)CN(Cc2ccc(I)cc2)CCC1N.Cl. The summed E-state index contributed by atoms with van der Waals surface area (Å²) >= 11 is 2.35. The van der Waals surface area contributed by atoms with Gasteiger partial charge in [-0.2, -0.15) is 0 Å². The molecule has 18 heavy (non-hydrogen) atoms. The van der Waals surface area contributed by atoms with Crippen LogP contribution in [0, 0.1) is 8.99 Å². The summed E-state index contributed by atoms with van der Waals surface area (Å²) < 4.78 is 1.30. The summed E-state index contributed by atoms with van der Waals surface area (Å²) in [5, 5.41) is 0. The Balaban J connectivity index is 0.00000162. The van der Waals surface area contributed by atoms with Crippen molar-refractivity contribution in [1.29, 1.82) is 0 Å². The third kappa shape index (κ3) is 4.08. The van der Waals surface area contributed by atoms with E-state index in [1.807, 2.05) is 0 Å². The molecule has 0 radical (unpaired) electrons. The van der Waals surface area contributed by atoms with Crippen LogP contribution in [-0.4, -0.2) is 24.0 Å². The molecular formula is C14H22ClIN2. The first-order chi connectivity index (χ1) is 7.97. The summed E-state index contributed by atoms with van der Waals surface area (Å²) in [5.74, 6) is 0. The van der Waals surface area contributed by atoms with E-state index in [0.717, 1.165) is 26.1 Å². The minimum atomic E-state index is 0. The summed E-state index contributed by atoms with van der Waals surface area (Å²) in [6.07, 6.45) is 1.11. The third-order valence-electron chi connectivity index (χ3n) is 3.71. The van der Waals surface area contributed by atoms with Gasteiger partial charge in [-0.15, -0.1) is 12.4 Å². The lowest BCUT2D eigenvalue weighted by Gasteiger charge is -2.42. The number of nitrogens with zero attached hydrogens (tertiary/aromatic N) is 1. The Hall–Kier alpha value is 0.160. The number of halogens is 2. The molecule has 1 aliphatic rings. The van der Waals surface area contributed by atoms with Crippen LogP contribution in [0.25, 0.3) is 0 Å². The first kappa shape index (κ1) is 16.2. The van der Waals surface area contributed by atoms with Gasteiger partial charge in [0.05, 0.1) is 0 Å². The molecule has 0 spiro atoms. The molecule has 102 valence electrons. The van der Waals surface area contributed by atoms with Gasteiger partial charge in [-0.25, -0.2) is 0 Å². The van der Waals surface area contributed by atoms with Gasteiger partial charge in [-0.05, 0) is 52.1 Å². The number of hydrogen-bond donors (Lipinski definition) is 1. The van der Waals surface area contributed by atoms with E-state index >= 15 is 0 Å². The molecule has 2 nitrogen and oxygen atoms in total. The molecule has 1 unspecified atom stereocenters. The molecule has 1 fully saturated rings. The van der Waals surface area contributed by atoms with Gasteiger partial charge in [-0.3, -0.25) is 4.90 Å². The molecule has 1 saturated heterocycles. The number of hydrogen-bond acceptors (Lipinski definition) is 2.